The van der Waals surface area contributed by atoms with Crippen LogP contribution in [0.1, 0.15) is 36.9 Å². The van der Waals surface area contributed by atoms with Crippen molar-refractivity contribution >= 4 is 28.3 Å². The van der Waals surface area contributed by atoms with E-state index in [1.807, 2.05) is 0 Å². The van der Waals surface area contributed by atoms with Gasteiger partial charge in [-0.05, 0) is 29.7 Å². The molecule has 0 amide bonds. The Morgan fingerprint density at radius 1 is 1.05 bits per heavy atom. The number of benzene rings is 2. The van der Waals surface area contributed by atoms with E-state index in [0.29, 0.717) is 6.04 Å². The molecule has 0 heterocycles. The third-order valence-electron chi connectivity index (χ3n) is 3.22. The number of rotatable bonds is 6. The van der Waals surface area contributed by atoms with E-state index in [9.17, 15) is 0 Å². The molecule has 0 fully saturated rings. The Balaban J connectivity index is 0.00000200. The van der Waals surface area contributed by atoms with Gasteiger partial charge in [0.25, 0.3) is 0 Å². The molecular weight excluding hydrogens is 334 g/mol. The van der Waals surface area contributed by atoms with Crippen molar-refractivity contribution in [1.82, 2.24) is 5.32 Å². The van der Waals surface area contributed by atoms with Crippen LogP contribution >= 0.6 is 28.3 Å². The minimum atomic E-state index is 0. The number of hydrogen-bond acceptors (Lipinski definition) is 1. The quantitative estimate of drug-likeness (QED) is 0.722. The highest BCUT2D eigenvalue weighted by atomic mass is 79.9. The maximum atomic E-state index is 3.66. The van der Waals surface area contributed by atoms with Gasteiger partial charge in [0, 0.05) is 17.1 Å². The maximum Gasteiger partial charge on any atom is 0.0323 e. The largest absolute Gasteiger partial charge is 0.306 e. The van der Waals surface area contributed by atoms with Gasteiger partial charge in [-0.2, -0.15) is 0 Å². The molecule has 0 aliphatic rings. The van der Waals surface area contributed by atoms with E-state index in [1.54, 1.807) is 0 Å². The fourth-order valence-corrected chi connectivity index (χ4v) is 2.70. The Morgan fingerprint density at radius 2 is 1.80 bits per heavy atom. The van der Waals surface area contributed by atoms with Gasteiger partial charge < -0.3 is 5.32 Å². The molecule has 108 valence electrons. The van der Waals surface area contributed by atoms with Gasteiger partial charge in [-0.15, -0.1) is 12.4 Å². The third kappa shape index (κ3) is 5.28. The van der Waals surface area contributed by atoms with Crippen molar-refractivity contribution in [2.24, 2.45) is 0 Å². The molecule has 0 aromatic heterocycles. The summed E-state index contributed by atoms with van der Waals surface area (Å²) in [5.41, 5.74) is 2.69. The molecule has 1 unspecified atom stereocenters. The van der Waals surface area contributed by atoms with Gasteiger partial charge in [0.1, 0.15) is 0 Å². The second kappa shape index (κ2) is 9.17. The zero-order chi connectivity index (χ0) is 13.5. The maximum absolute atomic E-state index is 3.66. The van der Waals surface area contributed by atoms with E-state index in [2.05, 4.69) is 82.8 Å². The van der Waals surface area contributed by atoms with Crippen LogP contribution in [0.3, 0.4) is 0 Å². The van der Waals surface area contributed by atoms with Gasteiger partial charge in [0.15, 0.2) is 0 Å². The topological polar surface area (TPSA) is 12.0 Å². The van der Waals surface area contributed by atoms with Gasteiger partial charge in [0.2, 0.25) is 0 Å². The van der Waals surface area contributed by atoms with E-state index in [4.69, 9.17) is 0 Å². The van der Waals surface area contributed by atoms with Crippen LogP contribution in [0.4, 0.5) is 0 Å². The molecule has 0 radical (unpaired) electrons. The van der Waals surface area contributed by atoms with Crippen molar-refractivity contribution in [2.45, 2.75) is 32.4 Å². The van der Waals surface area contributed by atoms with Crippen LogP contribution in [-0.4, -0.2) is 0 Å². The molecular formula is C17H21BrClN. The van der Waals surface area contributed by atoms with Crippen molar-refractivity contribution in [3.05, 3.63) is 70.2 Å². The summed E-state index contributed by atoms with van der Waals surface area (Å²) in [4.78, 5) is 0. The monoisotopic (exact) mass is 353 g/mol. The predicted molar refractivity (Wildman–Crippen MR) is 92.3 cm³/mol. The van der Waals surface area contributed by atoms with Gasteiger partial charge in [-0.25, -0.2) is 0 Å². The van der Waals surface area contributed by atoms with E-state index in [1.165, 1.54) is 17.5 Å². The highest BCUT2D eigenvalue weighted by Crippen LogP contribution is 2.19. The summed E-state index contributed by atoms with van der Waals surface area (Å²) in [5.74, 6) is 0. The molecule has 1 atom stereocenters. The summed E-state index contributed by atoms with van der Waals surface area (Å²) in [6.45, 7) is 3.13. The molecule has 2 aromatic rings. The second-order valence-electron chi connectivity index (χ2n) is 4.76. The molecule has 0 saturated heterocycles. The highest BCUT2D eigenvalue weighted by molar-refractivity contribution is 9.10. The summed E-state index contributed by atoms with van der Waals surface area (Å²) >= 11 is 3.52. The molecule has 20 heavy (non-hydrogen) atoms. The molecule has 0 spiro atoms. The van der Waals surface area contributed by atoms with Crippen LogP contribution in [0.15, 0.2) is 59.1 Å². The summed E-state index contributed by atoms with van der Waals surface area (Å²) in [6.07, 6.45) is 2.35. The molecule has 0 saturated carbocycles. The predicted octanol–water partition coefficient (Wildman–Crippen LogP) is 5.50. The number of halogens is 2. The fourth-order valence-electron chi connectivity index (χ4n) is 2.25. The van der Waals surface area contributed by atoms with Crippen molar-refractivity contribution in [2.75, 3.05) is 0 Å². The first-order chi connectivity index (χ1) is 9.29. The van der Waals surface area contributed by atoms with E-state index in [0.717, 1.165) is 17.4 Å². The number of hydrogen-bond donors (Lipinski definition) is 1. The Bertz CT molecular complexity index is 501. The van der Waals surface area contributed by atoms with Crippen LogP contribution in [0.2, 0.25) is 0 Å². The van der Waals surface area contributed by atoms with Crippen LogP contribution < -0.4 is 5.32 Å². The van der Waals surface area contributed by atoms with Crippen LogP contribution in [0, 0.1) is 0 Å². The molecule has 3 heteroatoms. The zero-order valence-electron chi connectivity index (χ0n) is 11.7. The molecule has 0 aliphatic heterocycles. The van der Waals surface area contributed by atoms with Crippen molar-refractivity contribution in [1.29, 1.82) is 0 Å². The minimum Gasteiger partial charge on any atom is -0.306 e. The Labute approximate surface area is 136 Å². The molecule has 1 N–H and O–H groups in total. The first kappa shape index (κ1) is 17.2. The Kier molecular flexibility index (Phi) is 7.90. The van der Waals surface area contributed by atoms with Crippen LogP contribution in [0.25, 0.3) is 0 Å². The SMILES string of the molecule is CCCC(NCc1cccc(Br)c1)c1ccccc1.Cl. The van der Waals surface area contributed by atoms with Crippen LogP contribution in [0.5, 0.6) is 0 Å². The normalized spacial score (nSPS) is 11.7. The van der Waals surface area contributed by atoms with E-state index >= 15 is 0 Å². The first-order valence-electron chi connectivity index (χ1n) is 6.82. The lowest BCUT2D eigenvalue weighted by molar-refractivity contribution is 0.493. The third-order valence-corrected chi connectivity index (χ3v) is 3.71. The molecule has 0 aliphatic carbocycles. The average Bonchev–Trinajstić information content (AvgIpc) is 2.44. The average molecular weight is 355 g/mol. The summed E-state index contributed by atoms with van der Waals surface area (Å²) in [7, 11) is 0. The lowest BCUT2D eigenvalue weighted by Gasteiger charge is -2.18. The number of nitrogens with one attached hydrogen (secondary N) is 1. The summed E-state index contributed by atoms with van der Waals surface area (Å²) < 4.78 is 1.14. The van der Waals surface area contributed by atoms with Crippen molar-refractivity contribution in [3.8, 4) is 0 Å². The molecule has 0 bridgehead atoms. The summed E-state index contributed by atoms with van der Waals surface area (Å²) in [5, 5.41) is 3.66. The van der Waals surface area contributed by atoms with E-state index in [-0.39, 0.29) is 12.4 Å². The van der Waals surface area contributed by atoms with E-state index < -0.39 is 0 Å². The van der Waals surface area contributed by atoms with Gasteiger partial charge >= 0.3 is 0 Å². The molecule has 2 rings (SSSR count). The van der Waals surface area contributed by atoms with Crippen LogP contribution in [-0.2, 0) is 6.54 Å². The first-order valence-corrected chi connectivity index (χ1v) is 7.61. The Morgan fingerprint density at radius 3 is 2.45 bits per heavy atom. The van der Waals surface area contributed by atoms with Gasteiger partial charge in [-0.1, -0.05) is 71.7 Å². The molecule has 1 nitrogen and oxygen atoms in total. The van der Waals surface area contributed by atoms with Gasteiger partial charge in [-0.3, -0.25) is 0 Å². The minimum absolute atomic E-state index is 0. The lowest BCUT2D eigenvalue weighted by Crippen LogP contribution is -2.20. The highest BCUT2D eigenvalue weighted by Gasteiger charge is 2.09. The van der Waals surface area contributed by atoms with Gasteiger partial charge in [0.05, 0.1) is 0 Å². The zero-order valence-corrected chi connectivity index (χ0v) is 14.1. The fraction of sp³-hybridized carbons (Fsp3) is 0.294. The summed E-state index contributed by atoms with van der Waals surface area (Å²) in [6, 6.07) is 19.6. The molecule has 2 aromatic carbocycles. The standard InChI is InChI=1S/C17H20BrN.ClH/c1-2-7-17(15-9-4-3-5-10-15)19-13-14-8-6-11-16(18)12-14;/h3-6,8-12,17,19H,2,7,13H2,1H3;1H. The Hall–Kier alpha value is -0.830. The van der Waals surface area contributed by atoms with Crippen molar-refractivity contribution in [3.63, 3.8) is 0 Å². The lowest BCUT2D eigenvalue weighted by atomic mass is 10.0. The second-order valence-corrected chi connectivity index (χ2v) is 5.68. The van der Waals surface area contributed by atoms with Crippen molar-refractivity contribution < 1.29 is 0 Å². The smallest absolute Gasteiger partial charge is 0.0323 e.